The van der Waals surface area contributed by atoms with Gasteiger partial charge in [-0.05, 0) is 74.3 Å². The standard InChI is InChI=1S/C24H28BrN5OS/c1-23(2,3)32(31)29-18(15-24(4)13-7-12-21(25)28-24)22-20(11-8-14-26-22)30-19-10-6-5-9-17(19)16-27-30/h5-14,16,18,28-29H,15H2,1-4H3/t18?,24?,32-/m0/s1. The molecule has 8 heteroatoms. The van der Waals surface area contributed by atoms with E-state index in [-0.39, 0.29) is 11.6 Å². The molecule has 32 heavy (non-hydrogen) atoms. The smallest absolute Gasteiger partial charge is 0.136 e. The van der Waals surface area contributed by atoms with Crippen LogP contribution in [-0.2, 0) is 11.4 Å². The van der Waals surface area contributed by atoms with Gasteiger partial charge in [-0.1, -0.05) is 30.4 Å². The quantitative estimate of drug-likeness (QED) is 0.355. The molecule has 1 aromatic carbocycles. The summed E-state index contributed by atoms with van der Waals surface area (Å²) in [5.74, 6) is 0. The van der Waals surface area contributed by atoms with Gasteiger partial charge in [-0.2, -0.15) is 5.10 Å². The van der Waals surface area contributed by atoms with E-state index in [4.69, 9.17) is 4.98 Å². The summed E-state index contributed by atoms with van der Waals surface area (Å²) >= 11 is 2.28. The third-order valence-electron chi connectivity index (χ3n) is 5.40. The van der Waals surface area contributed by atoms with Gasteiger partial charge in [0.2, 0.25) is 0 Å². The molecule has 1 aliphatic rings. The van der Waals surface area contributed by atoms with Crippen LogP contribution in [-0.4, -0.2) is 29.6 Å². The number of nitrogens with one attached hydrogen (secondary N) is 2. The molecular weight excluding hydrogens is 486 g/mol. The first-order chi connectivity index (χ1) is 15.2. The van der Waals surface area contributed by atoms with Crippen molar-refractivity contribution in [2.75, 3.05) is 0 Å². The molecule has 0 saturated carbocycles. The van der Waals surface area contributed by atoms with Gasteiger partial charge in [0.15, 0.2) is 0 Å². The molecule has 1 aliphatic heterocycles. The number of halogens is 1. The second-order valence-corrected chi connectivity index (χ2v) is 12.0. The number of benzene rings is 1. The first-order valence-electron chi connectivity index (χ1n) is 10.6. The molecule has 6 nitrogen and oxygen atoms in total. The lowest BCUT2D eigenvalue weighted by Crippen LogP contribution is -2.47. The topological polar surface area (TPSA) is 77.8 Å². The van der Waals surface area contributed by atoms with Crippen molar-refractivity contribution >= 4 is 38.2 Å². The van der Waals surface area contributed by atoms with Crippen LogP contribution in [0.5, 0.6) is 0 Å². The van der Waals surface area contributed by atoms with Crippen LogP contribution in [0, 0.1) is 0 Å². The Morgan fingerprint density at radius 1 is 1.25 bits per heavy atom. The van der Waals surface area contributed by atoms with Gasteiger partial charge in [0.05, 0.1) is 39.3 Å². The van der Waals surface area contributed by atoms with E-state index in [1.807, 2.05) is 80.2 Å². The number of aromatic nitrogens is 3. The van der Waals surface area contributed by atoms with Crippen molar-refractivity contribution in [1.29, 1.82) is 0 Å². The number of allylic oxidation sites excluding steroid dienone is 2. The third-order valence-corrected chi connectivity index (χ3v) is 7.47. The maximum absolute atomic E-state index is 13.2. The number of para-hydroxylation sites is 1. The molecule has 3 atom stereocenters. The predicted molar refractivity (Wildman–Crippen MR) is 135 cm³/mol. The van der Waals surface area contributed by atoms with Crippen molar-refractivity contribution < 1.29 is 4.55 Å². The molecule has 0 radical (unpaired) electrons. The van der Waals surface area contributed by atoms with Gasteiger partial charge in [0.1, 0.15) is 4.75 Å². The Labute approximate surface area is 200 Å². The summed E-state index contributed by atoms with van der Waals surface area (Å²) in [6.45, 7) is 8.02. The highest BCUT2D eigenvalue weighted by atomic mass is 79.9. The minimum absolute atomic E-state index is 0.283. The Hall–Kier alpha value is -2.13. The normalized spacial score (nSPS) is 20.6. The van der Waals surface area contributed by atoms with Crippen LogP contribution in [0.4, 0.5) is 0 Å². The summed E-state index contributed by atoms with van der Waals surface area (Å²) in [5.41, 5.74) is 2.33. The maximum atomic E-state index is 13.2. The van der Waals surface area contributed by atoms with Gasteiger partial charge >= 0.3 is 0 Å². The molecule has 2 unspecified atom stereocenters. The number of pyridine rings is 1. The Balaban J connectivity index is 1.78. The van der Waals surface area contributed by atoms with Gasteiger partial charge in [-0.25, -0.2) is 4.68 Å². The number of hydrogen-bond donors (Lipinski definition) is 2. The van der Waals surface area contributed by atoms with Crippen LogP contribution in [0.25, 0.3) is 16.6 Å². The first kappa shape index (κ1) is 23.0. The van der Waals surface area contributed by atoms with Crippen LogP contribution in [0.2, 0.25) is 0 Å². The first-order valence-corrected chi connectivity index (χ1v) is 12.5. The van der Waals surface area contributed by atoms with Crippen molar-refractivity contribution in [2.45, 2.75) is 50.4 Å². The minimum atomic E-state index is -1.28. The summed E-state index contributed by atoms with van der Waals surface area (Å²) < 4.78 is 18.9. The largest absolute Gasteiger partial charge is 0.598 e. The van der Waals surface area contributed by atoms with Crippen LogP contribution < -0.4 is 10.0 Å². The molecular formula is C24H28BrN5OS. The van der Waals surface area contributed by atoms with Crippen LogP contribution in [0.3, 0.4) is 0 Å². The second kappa shape index (κ2) is 9.02. The van der Waals surface area contributed by atoms with Gasteiger partial charge in [-0.3, -0.25) is 4.98 Å². The Kier molecular flexibility index (Phi) is 6.49. The average Bonchev–Trinajstić information content (AvgIpc) is 3.16. The lowest BCUT2D eigenvalue weighted by atomic mass is 9.89. The Morgan fingerprint density at radius 2 is 2.03 bits per heavy atom. The summed E-state index contributed by atoms with van der Waals surface area (Å²) in [4.78, 5) is 4.76. The zero-order valence-corrected chi connectivity index (χ0v) is 21.1. The van der Waals surface area contributed by atoms with E-state index in [0.717, 1.165) is 26.9 Å². The van der Waals surface area contributed by atoms with Crippen molar-refractivity contribution in [2.24, 2.45) is 0 Å². The lowest BCUT2D eigenvalue weighted by molar-refractivity contribution is 0.389. The fraction of sp³-hybridized carbons (Fsp3) is 0.333. The summed E-state index contributed by atoms with van der Waals surface area (Å²) in [5, 5.41) is 9.19. The van der Waals surface area contributed by atoms with E-state index in [0.29, 0.717) is 6.42 Å². The van der Waals surface area contributed by atoms with Gasteiger partial charge in [-0.15, -0.1) is 4.72 Å². The Bertz CT molecular complexity index is 1170. The summed E-state index contributed by atoms with van der Waals surface area (Å²) in [6, 6.07) is 11.7. The van der Waals surface area contributed by atoms with Crippen LogP contribution >= 0.6 is 15.9 Å². The van der Waals surface area contributed by atoms with Crippen molar-refractivity contribution in [3.05, 3.63) is 77.3 Å². The van der Waals surface area contributed by atoms with Crippen molar-refractivity contribution in [1.82, 2.24) is 24.8 Å². The van der Waals surface area contributed by atoms with E-state index in [2.05, 4.69) is 44.1 Å². The van der Waals surface area contributed by atoms with E-state index in [1.165, 1.54) is 0 Å². The van der Waals surface area contributed by atoms with E-state index < -0.39 is 16.1 Å². The zero-order valence-electron chi connectivity index (χ0n) is 18.7. The fourth-order valence-electron chi connectivity index (χ4n) is 3.76. The van der Waals surface area contributed by atoms with Gasteiger partial charge in [0.25, 0.3) is 0 Å². The SMILES string of the molecule is CC1(CC(N[S@@+]([O-])C(C)(C)C)c2ncccc2-n2ncc3ccccc32)C=CC=C(Br)N1. The number of rotatable bonds is 6. The van der Waals surface area contributed by atoms with Crippen molar-refractivity contribution in [3.8, 4) is 5.69 Å². The van der Waals surface area contributed by atoms with E-state index >= 15 is 0 Å². The van der Waals surface area contributed by atoms with E-state index in [9.17, 15) is 4.55 Å². The number of dihydropyridines is 1. The molecule has 3 aromatic rings. The zero-order chi connectivity index (χ0) is 22.9. The Morgan fingerprint density at radius 3 is 2.78 bits per heavy atom. The lowest BCUT2D eigenvalue weighted by Gasteiger charge is -2.36. The molecule has 0 bridgehead atoms. The summed E-state index contributed by atoms with van der Waals surface area (Å²) in [6.07, 6.45) is 10.4. The van der Waals surface area contributed by atoms with Crippen molar-refractivity contribution in [3.63, 3.8) is 0 Å². The number of fused-ring (bicyclic) bond motifs is 1. The maximum Gasteiger partial charge on any atom is 0.136 e. The molecule has 3 heterocycles. The van der Waals surface area contributed by atoms with E-state index in [1.54, 1.807) is 6.20 Å². The number of hydrogen-bond acceptors (Lipinski definition) is 5. The molecule has 2 N–H and O–H groups in total. The highest BCUT2D eigenvalue weighted by Gasteiger charge is 2.36. The molecule has 0 aliphatic carbocycles. The van der Waals surface area contributed by atoms with Crippen LogP contribution in [0.1, 0.15) is 45.9 Å². The average molecular weight is 514 g/mol. The molecule has 0 saturated heterocycles. The minimum Gasteiger partial charge on any atom is -0.598 e. The highest BCUT2D eigenvalue weighted by Crippen LogP contribution is 2.33. The molecule has 4 rings (SSSR count). The molecule has 2 aromatic heterocycles. The third kappa shape index (κ3) is 4.93. The second-order valence-electron chi connectivity index (χ2n) is 9.19. The molecule has 0 amide bonds. The molecule has 168 valence electrons. The van der Waals surface area contributed by atoms with Crippen LogP contribution in [0.15, 0.2) is 71.6 Å². The van der Waals surface area contributed by atoms with Gasteiger partial charge < -0.3 is 9.87 Å². The highest BCUT2D eigenvalue weighted by molar-refractivity contribution is 9.11. The fourth-order valence-corrected chi connectivity index (χ4v) is 5.18. The molecule has 0 spiro atoms. The number of nitrogens with zero attached hydrogens (tertiary/aromatic N) is 3. The molecule has 0 fully saturated rings. The predicted octanol–water partition coefficient (Wildman–Crippen LogP) is 5.06. The monoisotopic (exact) mass is 513 g/mol. The van der Waals surface area contributed by atoms with Gasteiger partial charge in [0, 0.05) is 22.9 Å². The summed E-state index contributed by atoms with van der Waals surface area (Å²) in [7, 11) is 0.